The second-order valence-electron chi connectivity index (χ2n) is 6.97. The number of carbonyl (C=O) groups is 2. The molecule has 0 unspecified atom stereocenters. The monoisotopic (exact) mass is 328 g/mol. The lowest BCUT2D eigenvalue weighted by molar-refractivity contribution is 0.0769. The average molecular weight is 328 g/mol. The van der Waals surface area contributed by atoms with Gasteiger partial charge in [-0.05, 0) is 50.8 Å². The molecular formula is C19H24N2O3. The molecule has 0 spiro atoms. The molecule has 2 atom stereocenters. The van der Waals surface area contributed by atoms with Crippen LogP contribution >= 0.6 is 0 Å². The maximum absolute atomic E-state index is 12.7. The third-order valence-corrected chi connectivity index (χ3v) is 4.90. The van der Waals surface area contributed by atoms with E-state index in [1.54, 1.807) is 18.9 Å². The summed E-state index contributed by atoms with van der Waals surface area (Å²) >= 11 is 0. The van der Waals surface area contributed by atoms with E-state index in [9.17, 15) is 9.59 Å². The number of H-pyrrole nitrogens is 1. The van der Waals surface area contributed by atoms with Crippen molar-refractivity contribution in [3.05, 3.63) is 46.2 Å². The standard InChI is InChI=1S/C19H24N2O3/c1-10-8-15(10)16-7-6-14(24-16)9-21(5)19(23)18-11(2)17(13(4)22)12(3)20-18/h6-7,10,15,20H,8-9H2,1-5H3/t10-,15+/m0/s1. The van der Waals surface area contributed by atoms with Crippen LogP contribution in [0.5, 0.6) is 0 Å². The van der Waals surface area contributed by atoms with Crippen molar-refractivity contribution in [1.82, 2.24) is 9.88 Å². The molecule has 5 nitrogen and oxygen atoms in total. The zero-order valence-corrected chi connectivity index (χ0v) is 14.9. The topological polar surface area (TPSA) is 66.3 Å². The number of aryl methyl sites for hydroxylation is 1. The Kier molecular flexibility index (Phi) is 4.11. The molecule has 1 saturated carbocycles. The van der Waals surface area contributed by atoms with Gasteiger partial charge in [-0.25, -0.2) is 0 Å². The molecular weight excluding hydrogens is 304 g/mol. The van der Waals surface area contributed by atoms with E-state index in [0.717, 1.165) is 17.2 Å². The smallest absolute Gasteiger partial charge is 0.270 e. The zero-order valence-electron chi connectivity index (χ0n) is 14.9. The largest absolute Gasteiger partial charge is 0.464 e. The molecule has 3 rings (SSSR count). The molecule has 0 bridgehead atoms. The normalized spacial score (nSPS) is 19.4. The van der Waals surface area contributed by atoms with E-state index in [2.05, 4.69) is 11.9 Å². The summed E-state index contributed by atoms with van der Waals surface area (Å²) in [7, 11) is 1.74. The molecule has 1 aliphatic carbocycles. The van der Waals surface area contributed by atoms with Crippen molar-refractivity contribution in [3.8, 4) is 0 Å². The first-order valence-electron chi connectivity index (χ1n) is 8.33. The lowest BCUT2D eigenvalue weighted by Crippen LogP contribution is -2.27. The quantitative estimate of drug-likeness (QED) is 0.848. The first kappa shape index (κ1) is 16.6. The third-order valence-electron chi connectivity index (χ3n) is 4.90. The predicted molar refractivity (Wildman–Crippen MR) is 91.3 cm³/mol. The molecule has 0 aromatic carbocycles. The minimum absolute atomic E-state index is 0.0304. The van der Waals surface area contributed by atoms with Gasteiger partial charge in [0.1, 0.15) is 17.2 Å². The number of Topliss-reactive ketones (excluding diaryl/α,β-unsaturated/α-hetero) is 1. The number of aromatic nitrogens is 1. The minimum Gasteiger partial charge on any atom is -0.464 e. The van der Waals surface area contributed by atoms with E-state index in [0.29, 0.717) is 35.2 Å². The lowest BCUT2D eigenvalue weighted by Gasteiger charge is -2.15. The van der Waals surface area contributed by atoms with Crippen LogP contribution in [-0.4, -0.2) is 28.6 Å². The molecule has 24 heavy (non-hydrogen) atoms. The Hall–Kier alpha value is -2.30. The molecule has 1 amide bonds. The van der Waals surface area contributed by atoms with Crippen LogP contribution in [0, 0.1) is 19.8 Å². The highest BCUT2D eigenvalue weighted by Crippen LogP contribution is 2.47. The highest BCUT2D eigenvalue weighted by atomic mass is 16.3. The molecule has 2 heterocycles. The van der Waals surface area contributed by atoms with E-state index < -0.39 is 0 Å². The number of ketones is 1. The van der Waals surface area contributed by atoms with Gasteiger partial charge < -0.3 is 14.3 Å². The predicted octanol–water partition coefficient (Wildman–Crippen LogP) is 3.82. The van der Waals surface area contributed by atoms with Gasteiger partial charge in [0.25, 0.3) is 5.91 Å². The SMILES string of the molecule is CC(=O)c1c(C)[nH]c(C(=O)N(C)Cc2ccc([C@@H]3C[C@@H]3C)o2)c1C. The van der Waals surface area contributed by atoms with Gasteiger partial charge >= 0.3 is 0 Å². The van der Waals surface area contributed by atoms with E-state index >= 15 is 0 Å². The maximum Gasteiger partial charge on any atom is 0.270 e. The lowest BCUT2D eigenvalue weighted by atomic mass is 10.1. The minimum atomic E-state index is -0.138. The fourth-order valence-electron chi connectivity index (χ4n) is 3.39. The van der Waals surface area contributed by atoms with E-state index in [1.807, 2.05) is 19.1 Å². The number of carbonyl (C=O) groups excluding carboxylic acids is 2. The summed E-state index contributed by atoms with van der Waals surface area (Å²) in [5.41, 5.74) is 2.53. The second kappa shape index (κ2) is 5.96. The van der Waals surface area contributed by atoms with Gasteiger partial charge in [0.15, 0.2) is 5.78 Å². The zero-order chi connectivity index (χ0) is 17.6. The third kappa shape index (κ3) is 2.90. The molecule has 1 N–H and O–H groups in total. The van der Waals surface area contributed by atoms with Crippen LogP contribution in [0.25, 0.3) is 0 Å². The van der Waals surface area contributed by atoms with Gasteiger partial charge in [-0.1, -0.05) is 6.92 Å². The van der Waals surface area contributed by atoms with Crippen molar-refractivity contribution in [2.45, 2.75) is 46.6 Å². The molecule has 1 fully saturated rings. The van der Waals surface area contributed by atoms with Crippen molar-refractivity contribution < 1.29 is 14.0 Å². The Bertz CT molecular complexity index is 800. The van der Waals surface area contributed by atoms with Crippen LogP contribution in [0.4, 0.5) is 0 Å². The van der Waals surface area contributed by atoms with Crippen LogP contribution < -0.4 is 0 Å². The number of furan rings is 1. The summed E-state index contributed by atoms with van der Waals surface area (Å²) in [6, 6.07) is 3.96. The first-order valence-corrected chi connectivity index (χ1v) is 8.33. The fraction of sp³-hybridized carbons (Fsp3) is 0.474. The Balaban J connectivity index is 1.74. The fourth-order valence-corrected chi connectivity index (χ4v) is 3.39. The van der Waals surface area contributed by atoms with Crippen LogP contribution in [0.1, 0.15) is 69.8 Å². The van der Waals surface area contributed by atoms with Crippen molar-refractivity contribution in [3.63, 3.8) is 0 Å². The highest BCUT2D eigenvalue weighted by molar-refractivity contribution is 6.02. The second-order valence-corrected chi connectivity index (χ2v) is 6.97. The number of nitrogens with zero attached hydrogens (tertiary/aromatic N) is 1. The first-order chi connectivity index (χ1) is 11.3. The Morgan fingerprint density at radius 2 is 2.00 bits per heavy atom. The van der Waals surface area contributed by atoms with E-state index in [4.69, 9.17) is 4.42 Å². The summed E-state index contributed by atoms with van der Waals surface area (Å²) in [6.45, 7) is 7.76. The van der Waals surface area contributed by atoms with Crippen LogP contribution in [0.3, 0.4) is 0 Å². The van der Waals surface area contributed by atoms with Crippen molar-refractivity contribution in [2.75, 3.05) is 7.05 Å². The Morgan fingerprint density at radius 1 is 1.33 bits per heavy atom. The number of hydrogen-bond donors (Lipinski definition) is 1. The maximum atomic E-state index is 12.7. The summed E-state index contributed by atoms with van der Waals surface area (Å²) in [5, 5.41) is 0. The number of aromatic amines is 1. The Labute approximate surface area is 142 Å². The van der Waals surface area contributed by atoms with Crippen LogP contribution in [0.15, 0.2) is 16.5 Å². The number of hydrogen-bond acceptors (Lipinski definition) is 3. The number of amides is 1. The van der Waals surface area contributed by atoms with E-state index in [1.165, 1.54) is 13.3 Å². The van der Waals surface area contributed by atoms with Crippen LogP contribution in [0.2, 0.25) is 0 Å². The van der Waals surface area contributed by atoms with Gasteiger partial charge in [-0.3, -0.25) is 9.59 Å². The number of rotatable bonds is 5. The van der Waals surface area contributed by atoms with Gasteiger partial charge in [-0.2, -0.15) is 0 Å². The molecule has 5 heteroatoms. The molecule has 0 saturated heterocycles. The van der Waals surface area contributed by atoms with Gasteiger partial charge in [0.05, 0.1) is 6.54 Å². The van der Waals surface area contributed by atoms with Crippen molar-refractivity contribution in [2.24, 2.45) is 5.92 Å². The average Bonchev–Trinajstić information content (AvgIpc) is 2.93. The summed E-state index contributed by atoms with van der Waals surface area (Å²) in [5.74, 6) is 2.86. The van der Waals surface area contributed by atoms with E-state index in [-0.39, 0.29) is 11.7 Å². The van der Waals surface area contributed by atoms with Gasteiger partial charge in [0.2, 0.25) is 0 Å². The highest BCUT2D eigenvalue weighted by Gasteiger charge is 2.36. The summed E-state index contributed by atoms with van der Waals surface area (Å²) in [4.78, 5) is 29.1. The van der Waals surface area contributed by atoms with Crippen molar-refractivity contribution in [1.29, 1.82) is 0 Å². The van der Waals surface area contributed by atoms with Crippen LogP contribution in [-0.2, 0) is 6.54 Å². The molecule has 2 aromatic heterocycles. The summed E-state index contributed by atoms with van der Waals surface area (Å²) < 4.78 is 5.87. The van der Waals surface area contributed by atoms with Crippen molar-refractivity contribution >= 4 is 11.7 Å². The van der Waals surface area contributed by atoms with Gasteiger partial charge in [-0.15, -0.1) is 0 Å². The molecule has 0 radical (unpaired) electrons. The molecule has 0 aliphatic heterocycles. The summed E-state index contributed by atoms with van der Waals surface area (Å²) in [6.07, 6.45) is 1.18. The Morgan fingerprint density at radius 3 is 2.54 bits per heavy atom. The molecule has 128 valence electrons. The molecule has 1 aliphatic rings. The number of nitrogens with one attached hydrogen (secondary N) is 1. The van der Waals surface area contributed by atoms with Gasteiger partial charge in [0, 0.05) is 24.2 Å². The molecule has 2 aromatic rings.